The van der Waals surface area contributed by atoms with E-state index in [4.69, 9.17) is 23.2 Å². The maximum absolute atomic E-state index is 6.29. The van der Waals surface area contributed by atoms with E-state index in [2.05, 4.69) is 37.0 Å². The molecule has 19 heavy (non-hydrogen) atoms. The van der Waals surface area contributed by atoms with Crippen molar-refractivity contribution in [1.29, 1.82) is 0 Å². The fourth-order valence-electron chi connectivity index (χ4n) is 2.80. The highest BCUT2D eigenvalue weighted by molar-refractivity contribution is 7.99. The van der Waals surface area contributed by atoms with Crippen LogP contribution in [0.25, 0.3) is 0 Å². The molecule has 1 nitrogen and oxygen atoms in total. The Morgan fingerprint density at radius 2 is 2.16 bits per heavy atom. The first-order chi connectivity index (χ1) is 9.13. The highest BCUT2D eigenvalue weighted by Crippen LogP contribution is 2.34. The Morgan fingerprint density at radius 3 is 2.89 bits per heavy atom. The first-order valence-electron chi connectivity index (χ1n) is 6.95. The van der Waals surface area contributed by atoms with Crippen LogP contribution in [0.1, 0.15) is 44.7 Å². The molecule has 0 saturated heterocycles. The first-order valence-corrected chi connectivity index (χ1v) is 8.75. The van der Waals surface area contributed by atoms with E-state index in [1.54, 1.807) is 0 Å². The zero-order chi connectivity index (χ0) is 13.8. The summed E-state index contributed by atoms with van der Waals surface area (Å²) in [5.41, 5.74) is 1.10. The van der Waals surface area contributed by atoms with Gasteiger partial charge in [-0.1, -0.05) is 48.7 Å². The van der Waals surface area contributed by atoms with Crippen molar-refractivity contribution >= 4 is 35.0 Å². The van der Waals surface area contributed by atoms with Crippen LogP contribution in [-0.4, -0.2) is 17.0 Å². The molecule has 3 unspecified atom stereocenters. The van der Waals surface area contributed by atoms with Crippen molar-refractivity contribution in [3.63, 3.8) is 0 Å². The molecule has 1 fully saturated rings. The molecule has 0 aliphatic heterocycles. The highest BCUT2D eigenvalue weighted by Gasteiger charge is 2.28. The Hall–Kier alpha value is 0.110. The molecule has 2 rings (SSSR count). The second kappa shape index (κ2) is 7.21. The van der Waals surface area contributed by atoms with Gasteiger partial charge in [-0.05, 0) is 37.1 Å². The summed E-state index contributed by atoms with van der Waals surface area (Å²) < 4.78 is 0. The minimum absolute atomic E-state index is 0.245. The van der Waals surface area contributed by atoms with Gasteiger partial charge in [0, 0.05) is 17.3 Å². The van der Waals surface area contributed by atoms with Crippen LogP contribution in [0.5, 0.6) is 0 Å². The second-order valence-electron chi connectivity index (χ2n) is 5.06. The Labute approximate surface area is 130 Å². The van der Waals surface area contributed by atoms with Gasteiger partial charge in [0.2, 0.25) is 0 Å². The zero-order valence-corrected chi connectivity index (χ0v) is 13.8. The third-order valence-corrected chi connectivity index (χ3v) is 5.90. The van der Waals surface area contributed by atoms with Gasteiger partial charge in [0.1, 0.15) is 0 Å². The summed E-state index contributed by atoms with van der Waals surface area (Å²) in [6.07, 6.45) is 3.91. The van der Waals surface area contributed by atoms with Gasteiger partial charge in [-0.2, -0.15) is 11.8 Å². The Bertz CT molecular complexity index is 425. The van der Waals surface area contributed by atoms with Crippen molar-refractivity contribution in [3.05, 3.63) is 33.8 Å². The average molecular weight is 318 g/mol. The Balaban J connectivity index is 2.04. The summed E-state index contributed by atoms with van der Waals surface area (Å²) in [7, 11) is 0. The lowest BCUT2D eigenvalue weighted by atomic mass is 10.1. The maximum atomic E-state index is 6.29. The largest absolute Gasteiger partial charge is 0.306 e. The summed E-state index contributed by atoms with van der Waals surface area (Å²) in [4.78, 5) is 0. The van der Waals surface area contributed by atoms with Crippen LogP contribution < -0.4 is 5.32 Å². The third kappa shape index (κ3) is 3.81. The van der Waals surface area contributed by atoms with Crippen molar-refractivity contribution in [2.24, 2.45) is 0 Å². The predicted molar refractivity (Wildman–Crippen MR) is 87.6 cm³/mol. The van der Waals surface area contributed by atoms with E-state index in [0.29, 0.717) is 16.1 Å². The van der Waals surface area contributed by atoms with Gasteiger partial charge >= 0.3 is 0 Å². The minimum Gasteiger partial charge on any atom is -0.306 e. The molecular weight excluding hydrogens is 297 g/mol. The van der Waals surface area contributed by atoms with Crippen LogP contribution in [0.15, 0.2) is 18.2 Å². The van der Waals surface area contributed by atoms with Crippen LogP contribution in [0.4, 0.5) is 0 Å². The molecule has 0 radical (unpaired) electrons. The van der Waals surface area contributed by atoms with Crippen LogP contribution in [-0.2, 0) is 0 Å². The van der Waals surface area contributed by atoms with Gasteiger partial charge < -0.3 is 5.32 Å². The molecule has 1 N–H and O–H groups in total. The lowest BCUT2D eigenvalue weighted by molar-refractivity contribution is 0.467. The van der Waals surface area contributed by atoms with Crippen LogP contribution >= 0.6 is 35.0 Å². The molecule has 0 aromatic heterocycles. The Morgan fingerprint density at radius 1 is 1.37 bits per heavy atom. The normalized spacial score (nSPS) is 24.6. The van der Waals surface area contributed by atoms with E-state index in [1.165, 1.54) is 25.0 Å². The van der Waals surface area contributed by atoms with E-state index in [-0.39, 0.29) is 6.04 Å². The highest BCUT2D eigenvalue weighted by atomic mass is 35.5. The second-order valence-corrected chi connectivity index (χ2v) is 7.36. The number of rotatable bonds is 5. The fourth-order valence-corrected chi connectivity index (χ4v) is 4.48. The van der Waals surface area contributed by atoms with Crippen molar-refractivity contribution in [2.45, 2.75) is 50.4 Å². The van der Waals surface area contributed by atoms with Crippen molar-refractivity contribution in [3.8, 4) is 0 Å². The number of nitrogens with one attached hydrogen (secondary N) is 1. The van der Waals surface area contributed by atoms with E-state index >= 15 is 0 Å². The third-order valence-electron chi connectivity index (χ3n) is 3.75. The summed E-state index contributed by atoms with van der Waals surface area (Å²) in [5.74, 6) is 1.19. The number of halogens is 2. The molecule has 4 heteroatoms. The molecule has 3 atom stereocenters. The monoisotopic (exact) mass is 317 g/mol. The lowest BCUT2D eigenvalue weighted by Gasteiger charge is -2.25. The number of thioether (sulfide) groups is 1. The molecule has 1 aliphatic carbocycles. The fraction of sp³-hybridized carbons (Fsp3) is 0.600. The van der Waals surface area contributed by atoms with Crippen LogP contribution in [0.3, 0.4) is 0 Å². The summed E-state index contributed by atoms with van der Waals surface area (Å²) in [6.45, 7) is 4.40. The quantitative estimate of drug-likeness (QED) is 0.789. The van der Waals surface area contributed by atoms with Crippen molar-refractivity contribution in [2.75, 3.05) is 5.75 Å². The number of hydrogen-bond acceptors (Lipinski definition) is 2. The molecule has 106 valence electrons. The predicted octanol–water partition coefficient (Wildman–Crippen LogP) is 5.32. The molecule has 1 saturated carbocycles. The van der Waals surface area contributed by atoms with Gasteiger partial charge in [0.05, 0.1) is 10.0 Å². The first kappa shape index (κ1) is 15.5. The number of hydrogen-bond donors (Lipinski definition) is 1. The van der Waals surface area contributed by atoms with Crippen molar-refractivity contribution < 1.29 is 0 Å². The lowest BCUT2D eigenvalue weighted by Crippen LogP contribution is -2.36. The molecule has 0 spiro atoms. The standard InChI is InChI=1S/C15H21Cl2NS/c1-3-19-14-9-5-8-13(14)18-10(2)11-6-4-7-12(16)15(11)17/h4,6-7,10,13-14,18H,3,5,8-9H2,1-2H3. The van der Waals surface area contributed by atoms with Crippen LogP contribution in [0.2, 0.25) is 10.0 Å². The summed E-state index contributed by atoms with van der Waals surface area (Å²) in [5, 5.41) is 5.80. The molecule has 1 aromatic rings. The van der Waals surface area contributed by atoms with Gasteiger partial charge in [0.25, 0.3) is 0 Å². The topological polar surface area (TPSA) is 12.0 Å². The minimum atomic E-state index is 0.245. The van der Waals surface area contributed by atoms with Gasteiger partial charge in [-0.25, -0.2) is 0 Å². The maximum Gasteiger partial charge on any atom is 0.0639 e. The van der Waals surface area contributed by atoms with E-state index in [0.717, 1.165) is 10.8 Å². The van der Waals surface area contributed by atoms with Gasteiger partial charge in [-0.3, -0.25) is 0 Å². The van der Waals surface area contributed by atoms with Crippen molar-refractivity contribution in [1.82, 2.24) is 5.32 Å². The smallest absolute Gasteiger partial charge is 0.0639 e. The van der Waals surface area contributed by atoms with E-state index < -0.39 is 0 Å². The molecule has 0 amide bonds. The van der Waals surface area contributed by atoms with E-state index in [1.807, 2.05) is 12.1 Å². The molecule has 0 bridgehead atoms. The molecular formula is C15H21Cl2NS. The SMILES string of the molecule is CCSC1CCCC1NC(C)c1cccc(Cl)c1Cl. The van der Waals surface area contributed by atoms with E-state index in [9.17, 15) is 0 Å². The molecule has 0 heterocycles. The van der Waals surface area contributed by atoms with Crippen LogP contribution in [0, 0.1) is 0 Å². The summed E-state index contributed by atoms with van der Waals surface area (Å²) >= 11 is 14.5. The van der Waals surface area contributed by atoms with Gasteiger partial charge in [0.15, 0.2) is 0 Å². The van der Waals surface area contributed by atoms with Gasteiger partial charge in [-0.15, -0.1) is 0 Å². The zero-order valence-electron chi connectivity index (χ0n) is 11.5. The molecule has 1 aromatic carbocycles. The molecule has 1 aliphatic rings. The summed E-state index contributed by atoms with van der Waals surface area (Å²) in [6, 6.07) is 6.70. The average Bonchev–Trinajstić information content (AvgIpc) is 2.80. The number of benzene rings is 1. The Kier molecular flexibility index (Phi) is 5.88.